The first kappa shape index (κ1) is 24.0. The van der Waals surface area contributed by atoms with Gasteiger partial charge in [-0.25, -0.2) is 0 Å². The molecule has 3 nitrogen and oxygen atoms in total. The Hall–Kier alpha value is -5.39. The van der Waals surface area contributed by atoms with Crippen LogP contribution in [0.15, 0.2) is 142 Å². The average Bonchev–Trinajstić information content (AvgIpc) is 3.64. The summed E-state index contributed by atoms with van der Waals surface area (Å²) < 4.78 is 6.79. The molecule has 2 aromatic heterocycles. The van der Waals surface area contributed by atoms with E-state index >= 15 is 0 Å². The summed E-state index contributed by atoms with van der Waals surface area (Å²) in [5.74, 6) is 0. The molecule has 2 aliphatic heterocycles. The summed E-state index contributed by atoms with van der Waals surface area (Å²) in [5.41, 5.74) is 13.0. The fraction of sp³-hybridized carbons (Fsp3) is 0. The quantitative estimate of drug-likeness (QED) is 0.193. The predicted octanol–water partition coefficient (Wildman–Crippen LogP) is 9.68. The topological polar surface area (TPSA) is 32.2 Å². The van der Waals surface area contributed by atoms with E-state index in [9.17, 15) is 0 Å². The number of nitrogens with one attached hydrogen (secondary N) is 1. The maximum Gasteiger partial charge on any atom is 0.198 e. The maximum atomic E-state index is 6.79. The number of furan rings is 1. The van der Waals surface area contributed by atoms with E-state index in [4.69, 9.17) is 4.42 Å². The Labute approximate surface area is 263 Å². The van der Waals surface area contributed by atoms with Gasteiger partial charge in [0.2, 0.25) is 0 Å². The number of rotatable bonds is 1. The lowest BCUT2D eigenvalue weighted by atomic mass is 9.58. The molecule has 9 aromatic rings. The molecule has 0 radical (unpaired) electrons. The number of hydrogen-bond acceptors (Lipinski definition) is 3. The molecule has 0 unspecified atom stereocenters. The third-order valence-corrected chi connectivity index (χ3v) is 10.9. The summed E-state index contributed by atoms with van der Waals surface area (Å²) in [6.07, 6.45) is 0. The zero-order chi connectivity index (χ0) is 29.2. The molecule has 45 heavy (non-hydrogen) atoms. The van der Waals surface area contributed by atoms with E-state index in [1.165, 1.54) is 70.3 Å². The molecule has 208 valence electrons. The third-order valence-electron chi connectivity index (χ3n) is 9.76. The van der Waals surface area contributed by atoms with Crippen LogP contribution in [0.5, 0.6) is 0 Å². The summed E-state index contributed by atoms with van der Waals surface area (Å²) in [7, 11) is 0.834. The molecular weight excluding hydrogens is 567 g/mol. The van der Waals surface area contributed by atoms with Gasteiger partial charge in [0.25, 0.3) is 0 Å². The largest absolute Gasteiger partial charge is 0.454 e. The van der Waals surface area contributed by atoms with Crippen LogP contribution in [0.25, 0.3) is 65.6 Å². The summed E-state index contributed by atoms with van der Waals surface area (Å²) >= 11 is 1.86. The van der Waals surface area contributed by atoms with Gasteiger partial charge in [-0.1, -0.05) is 102 Å². The summed E-state index contributed by atoms with van der Waals surface area (Å²) in [6.45, 7) is 0. The Morgan fingerprint density at radius 1 is 0.600 bits per heavy atom. The van der Waals surface area contributed by atoms with Crippen LogP contribution < -0.4 is 15.8 Å². The van der Waals surface area contributed by atoms with Crippen molar-refractivity contribution < 1.29 is 4.42 Å². The number of benzene rings is 7. The van der Waals surface area contributed by atoms with Crippen molar-refractivity contribution in [2.45, 2.75) is 9.79 Å². The highest BCUT2D eigenvalue weighted by Gasteiger charge is 2.36. The normalized spacial score (nSPS) is 13.4. The van der Waals surface area contributed by atoms with Crippen LogP contribution >= 0.6 is 11.8 Å². The van der Waals surface area contributed by atoms with Gasteiger partial charge in [-0.05, 0) is 64.3 Å². The Kier molecular flexibility index (Phi) is 4.60. The predicted molar refractivity (Wildman–Crippen MR) is 191 cm³/mol. The number of fused-ring (bicyclic) bond motifs is 12. The van der Waals surface area contributed by atoms with E-state index in [0.29, 0.717) is 0 Å². The van der Waals surface area contributed by atoms with Crippen molar-refractivity contribution in [1.82, 2.24) is 4.98 Å². The molecule has 0 aliphatic carbocycles. The van der Waals surface area contributed by atoms with Crippen molar-refractivity contribution in [3.05, 3.63) is 127 Å². The Balaban J connectivity index is 1.29. The molecule has 1 N–H and O–H groups in total. The number of aromatic amines is 1. The van der Waals surface area contributed by atoms with Crippen LogP contribution in [0.1, 0.15) is 0 Å². The minimum atomic E-state index is 0.834. The number of para-hydroxylation sites is 4. The van der Waals surface area contributed by atoms with Gasteiger partial charge in [-0.3, -0.25) is 0 Å². The zero-order valence-electron chi connectivity index (χ0n) is 24.1. The van der Waals surface area contributed by atoms with Gasteiger partial charge < -0.3 is 14.3 Å². The third kappa shape index (κ3) is 3.18. The number of hydrogen-bond donors (Lipinski definition) is 1. The lowest BCUT2D eigenvalue weighted by Gasteiger charge is -2.39. The second-order valence-electron chi connectivity index (χ2n) is 12.2. The molecule has 0 bridgehead atoms. The monoisotopic (exact) mass is 590 g/mol. The highest BCUT2D eigenvalue weighted by molar-refractivity contribution is 7.99. The molecule has 0 atom stereocenters. The lowest BCUT2D eigenvalue weighted by Crippen LogP contribution is -2.42. The highest BCUT2D eigenvalue weighted by atomic mass is 32.2. The number of aromatic nitrogens is 1. The number of H-pyrrole nitrogens is 1. The molecule has 0 saturated heterocycles. The first-order valence-electron chi connectivity index (χ1n) is 15.4. The van der Waals surface area contributed by atoms with Gasteiger partial charge in [-0.15, -0.1) is 0 Å². The molecule has 0 saturated carbocycles. The number of nitrogens with zero attached hydrogens (tertiary/aromatic N) is 1. The first-order valence-corrected chi connectivity index (χ1v) is 16.2. The van der Waals surface area contributed by atoms with Crippen molar-refractivity contribution in [3.63, 3.8) is 0 Å². The van der Waals surface area contributed by atoms with Gasteiger partial charge in [0.05, 0.1) is 22.6 Å². The SMILES string of the molecule is B1c2cccc3c2N(c2ccccc2S3)c2c1c(-c1cccc3c1[nH]c1cc4ccccc4cc13)cc1c2oc2ccccc21. The van der Waals surface area contributed by atoms with Crippen LogP contribution in [-0.2, 0) is 0 Å². The van der Waals surface area contributed by atoms with Gasteiger partial charge in [0.15, 0.2) is 12.9 Å². The molecule has 0 spiro atoms. The van der Waals surface area contributed by atoms with Crippen molar-refractivity contribution in [2.24, 2.45) is 0 Å². The van der Waals surface area contributed by atoms with E-state index < -0.39 is 0 Å². The summed E-state index contributed by atoms with van der Waals surface area (Å²) in [5, 5.41) is 7.30. The maximum absolute atomic E-state index is 6.79. The smallest absolute Gasteiger partial charge is 0.198 e. The fourth-order valence-corrected chi connectivity index (χ4v) is 8.92. The minimum Gasteiger partial charge on any atom is -0.454 e. The minimum absolute atomic E-state index is 0.834. The lowest BCUT2D eigenvalue weighted by molar-refractivity contribution is 0.669. The van der Waals surface area contributed by atoms with E-state index in [-0.39, 0.29) is 0 Å². The molecule has 7 aromatic carbocycles. The Bertz CT molecular complexity index is 2740. The average molecular weight is 591 g/mol. The number of anilines is 3. The molecule has 2 aliphatic rings. The second-order valence-corrected chi connectivity index (χ2v) is 13.3. The van der Waals surface area contributed by atoms with E-state index in [1.54, 1.807) is 0 Å². The van der Waals surface area contributed by atoms with Gasteiger partial charge in [-0.2, -0.15) is 0 Å². The Morgan fingerprint density at radius 3 is 2.33 bits per heavy atom. The molecular formula is C40H23BN2OS. The second kappa shape index (κ2) is 8.62. The van der Waals surface area contributed by atoms with Crippen LogP contribution in [0, 0.1) is 0 Å². The van der Waals surface area contributed by atoms with Crippen molar-refractivity contribution in [2.75, 3.05) is 4.90 Å². The Morgan fingerprint density at radius 2 is 1.38 bits per heavy atom. The van der Waals surface area contributed by atoms with Crippen molar-refractivity contribution in [3.8, 4) is 11.1 Å². The first-order chi connectivity index (χ1) is 22.3. The molecule has 0 fully saturated rings. The van der Waals surface area contributed by atoms with Crippen LogP contribution in [-0.4, -0.2) is 12.3 Å². The standard InChI is InChI=1S/C40H23BN2OS/c1-2-10-23-20-31-27(19-22(23)9-1)25-12-7-13-26(37(25)42-31)28-21-29-24-11-3-5-16-33(24)44-40(29)39-36(28)41-30-14-8-18-35-38(30)43(39)32-15-4-6-17-34(32)45-35/h1-21,41-42H. The van der Waals surface area contributed by atoms with Gasteiger partial charge in [0, 0.05) is 42.4 Å². The van der Waals surface area contributed by atoms with E-state index in [0.717, 1.165) is 40.4 Å². The van der Waals surface area contributed by atoms with E-state index in [2.05, 4.69) is 137 Å². The van der Waals surface area contributed by atoms with Crippen LogP contribution in [0.2, 0.25) is 0 Å². The molecule has 5 heteroatoms. The van der Waals surface area contributed by atoms with Gasteiger partial charge >= 0.3 is 0 Å². The van der Waals surface area contributed by atoms with E-state index in [1.807, 2.05) is 11.8 Å². The van der Waals surface area contributed by atoms with Crippen molar-refractivity contribution in [1.29, 1.82) is 0 Å². The zero-order valence-corrected chi connectivity index (χ0v) is 24.9. The van der Waals surface area contributed by atoms with Crippen LogP contribution in [0.3, 0.4) is 0 Å². The van der Waals surface area contributed by atoms with Crippen LogP contribution in [0.4, 0.5) is 17.1 Å². The summed E-state index contributed by atoms with van der Waals surface area (Å²) in [4.78, 5) is 8.90. The molecule has 0 amide bonds. The molecule has 11 rings (SSSR count). The van der Waals surface area contributed by atoms with Gasteiger partial charge in [0.1, 0.15) is 5.58 Å². The fourth-order valence-electron chi connectivity index (χ4n) is 7.81. The molecule has 4 heterocycles. The highest BCUT2D eigenvalue weighted by Crippen LogP contribution is 2.54. The van der Waals surface area contributed by atoms with Crippen molar-refractivity contribution >= 4 is 102 Å². The summed E-state index contributed by atoms with van der Waals surface area (Å²) in [6, 6.07) is 46.4.